The maximum Gasteiger partial charge on any atom is 0.255 e. The van der Waals surface area contributed by atoms with E-state index in [0.29, 0.717) is 34.4 Å². The van der Waals surface area contributed by atoms with Crippen molar-refractivity contribution in [2.75, 3.05) is 26.6 Å². The van der Waals surface area contributed by atoms with Gasteiger partial charge in [-0.25, -0.2) is 4.98 Å². The highest BCUT2D eigenvalue weighted by Crippen LogP contribution is 2.38. The van der Waals surface area contributed by atoms with Crippen LogP contribution in [-0.4, -0.2) is 37.2 Å². The summed E-state index contributed by atoms with van der Waals surface area (Å²) in [6.07, 6.45) is 3.63. The molecule has 146 valence electrons. The van der Waals surface area contributed by atoms with Gasteiger partial charge < -0.3 is 24.5 Å². The number of aromatic amines is 1. The van der Waals surface area contributed by atoms with Gasteiger partial charge in [-0.1, -0.05) is 6.42 Å². The van der Waals surface area contributed by atoms with Crippen LogP contribution in [0, 0.1) is 0 Å². The Hall–Kier alpha value is -3.22. The number of carbonyl (C=O) groups excluding carboxylic acids is 1. The number of methoxy groups -OCH3 is 3. The van der Waals surface area contributed by atoms with Crippen LogP contribution in [0.1, 0.15) is 41.4 Å². The molecule has 2 N–H and O–H groups in total. The molecule has 1 saturated carbocycles. The van der Waals surface area contributed by atoms with Gasteiger partial charge in [0, 0.05) is 17.2 Å². The zero-order valence-electron chi connectivity index (χ0n) is 16.2. The Morgan fingerprint density at radius 1 is 1.07 bits per heavy atom. The highest BCUT2D eigenvalue weighted by molar-refractivity contribution is 6.05. The van der Waals surface area contributed by atoms with Gasteiger partial charge in [-0.2, -0.15) is 0 Å². The third-order valence-electron chi connectivity index (χ3n) is 5.18. The van der Waals surface area contributed by atoms with Crippen molar-refractivity contribution in [2.45, 2.75) is 25.2 Å². The first kappa shape index (κ1) is 18.2. The van der Waals surface area contributed by atoms with Gasteiger partial charge in [0.2, 0.25) is 5.75 Å². The average molecular weight is 381 g/mol. The molecule has 1 aliphatic carbocycles. The predicted molar refractivity (Wildman–Crippen MR) is 107 cm³/mol. The van der Waals surface area contributed by atoms with Crippen LogP contribution in [0.15, 0.2) is 30.3 Å². The molecular formula is C21H23N3O4. The van der Waals surface area contributed by atoms with E-state index in [-0.39, 0.29) is 5.91 Å². The molecule has 0 radical (unpaired) electrons. The number of carbonyl (C=O) groups is 1. The van der Waals surface area contributed by atoms with Crippen LogP contribution in [0.2, 0.25) is 0 Å². The smallest absolute Gasteiger partial charge is 0.255 e. The number of aromatic nitrogens is 2. The predicted octanol–water partition coefficient (Wildman–Crippen LogP) is 4.11. The Bertz CT molecular complexity index is 999. The number of hydrogen-bond acceptors (Lipinski definition) is 5. The first-order chi connectivity index (χ1) is 13.6. The summed E-state index contributed by atoms with van der Waals surface area (Å²) in [6.45, 7) is 0. The Kier molecular flexibility index (Phi) is 4.81. The molecule has 7 heteroatoms. The van der Waals surface area contributed by atoms with Crippen molar-refractivity contribution in [3.63, 3.8) is 0 Å². The van der Waals surface area contributed by atoms with Crippen molar-refractivity contribution in [3.05, 3.63) is 41.7 Å². The lowest BCUT2D eigenvalue weighted by Gasteiger charge is -2.22. The molecule has 1 heterocycles. The summed E-state index contributed by atoms with van der Waals surface area (Å²) < 4.78 is 15.9. The molecule has 0 spiro atoms. The number of nitrogens with zero attached hydrogens (tertiary/aromatic N) is 1. The second-order valence-corrected chi connectivity index (χ2v) is 6.85. The van der Waals surface area contributed by atoms with Gasteiger partial charge in [0.15, 0.2) is 11.5 Å². The van der Waals surface area contributed by atoms with Gasteiger partial charge in [-0.15, -0.1) is 0 Å². The van der Waals surface area contributed by atoms with Gasteiger partial charge in [-0.05, 0) is 43.2 Å². The van der Waals surface area contributed by atoms with Crippen LogP contribution in [0.25, 0.3) is 11.0 Å². The van der Waals surface area contributed by atoms with Crippen LogP contribution < -0.4 is 19.5 Å². The Balaban J connectivity index is 1.59. The summed E-state index contributed by atoms with van der Waals surface area (Å²) in [7, 11) is 4.56. The summed E-state index contributed by atoms with van der Waals surface area (Å²) in [4.78, 5) is 20.8. The molecule has 0 saturated heterocycles. The fraction of sp³-hybridized carbons (Fsp3) is 0.333. The second kappa shape index (κ2) is 7.42. The molecule has 7 nitrogen and oxygen atoms in total. The normalized spacial score (nSPS) is 13.8. The molecule has 1 aliphatic rings. The van der Waals surface area contributed by atoms with Crippen LogP contribution in [0.5, 0.6) is 17.2 Å². The molecule has 2 aromatic carbocycles. The maximum atomic E-state index is 12.8. The third-order valence-corrected chi connectivity index (χ3v) is 5.18. The minimum atomic E-state index is -0.266. The Morgan fingerprint density at radius 3 is 2.36 bits per heavy atom. The lowest BCUT2D eigenvalue weighted by molar-refractivity contribution is 0.102. The number of H-pyrrole nitrogens is 1. The molecule has 1 fully saturated rings. The van der Waals surface area contributed by atoms with E-state index in [1.165, 1.54) is 40.6 Å². The van der Waals surface area contributed by atoms with Crippen molar-refractivity contribution in [3.8, 4) is 17.2 Å². The number of rotatable bonds is 6. The molecule has 1 amide bonds. The molecule has 4 rings (SSSR count). The quantitative estimate of drug-likeness (QED) is 0.671. The van der Waals surface area contributed by atoms with Crippen molar-refractivity contribution < 1.29 is 19.0 Å². The lowest BCUT2D eigenvalue weighted by atomic mass is 9.85. The fourth-order valence-electron chi connectivity index (χ4n) is 3.40. The monoisotopic (exact) mass is 381 g/mol. The molecule has 0 atom stereocenters. The standard InChI is InChI=1S/C21H23N3O4/c1-26-17-9-13(10-18(27-2)19(17)28-3)21(25)22-14-7-8-15-16(11-14)24-20(23-15)12-5-4-6-12/h7-12H,4-6H2,1-3H3,(H,22,25)(H,23,24). The van der Waals surface area contributed by atoms with E-state index in [0.717, 1.165) is 16.9 Å². The number of fused-ring (bicyclic) bond motifs is 1. The molecule has 28 heavy (non-hydrogen) atoms. The first-order valence-electron chi connectivity index (χ1n) is 9.24. The molecule has 0 bridgehead atoms. The number of nitrogens with one attached hydrogen (secondary N) is 2. The van der Waals surface area contributed by atoms with Crippen LogP contribution in [-0.2, 0) is 0 Å². The van der Waals surface area contributed by atoms with Crippen molar-refractivity contribution in [2.24, 2.45) is 0 Å². The van der Waals surface area contributed by atoms with Crippen molar-refractivity contribution in [1.82, 2.24) is 9.97 Å². The van der Waals surface area contributed by atoms with E-state index in [9.17, 15) is 4.79 Å². The summed E-state index contributed by atoms with van der Waals surface area (Å²) in [5.41, 5.74) is 2.93. The average Bonchev–Trinajstić information content (AvgIpc) is 3.07. The Morgan fingerprint density at radius 2 is 1.79 bits per heavy atom. The molecule has 0 unspecified atom stereocenters. The first-order valence-corrected chi connectivity index (χ1v) is 9.24. The van der Waals surface area contributed by atoms with Crippen molar-refractivity contribution >= 4 is 22.6 Å². The number of imidazole rings is 1. The fourth-order valence-corrected chi connectivity index (χ4v) is 3.40. The number of amides is 1. The number of benzene rings is 2. The summed E-state index contributed by atoms with van der Waals surface area (Å²) >= 11 is 0. The molecule has 0 aliphatic heterocycles. The van der Waals surface area contributed by atoms with E-state index in [1.54, 1.807) is 12.1 Å². The molecular weight excluding hydrogens is 358 g/mol. The summed E-state index contributed by atoms with van der Waals surface area (Å²) in [5, 5.41) is 2.92. The molecule has 3 aromatic rings. The minimum Gasteiger partial charge on any atom is -0.493 e. The largest absolute Gasteiger partial charge is 0.493 e. The third kappa shape index (κ3) is 3.24. The number of anilines is 1. The second-order valence-electron chi connectivity index (χ2n) is 6.85. The highest BCUT2D eigenvalue weighted by Gasteiger charge is 2.23. The van der Waals surface area contributed by atoms with Gasteiger partial charge in [-0.3, -0.25) is 4.79 Å². The van der Waals surface area contributed by atoms with E-state index in [1.807, 2.05) is 18.2 Å². The number of hydrogen-bond donors (Lipinski definition) is 2. The van der Waals surface area contributed by atoms with Gasteiger partial charge in [0.25, 0.3) is 5.91 Å². The zero-order chi connectivity index (χ0) is 19.7. The summed E-state index contributed by atoms with van der Waals surface area (Å²) in [6, 6.07) is 8.92. The van der Waals surface area contributed by atoms with Crippen LogP contribution >= 0.6 is 0 Å². The minimum absolute atomic E-state index is 0.266. The van der Waals surface area contributed by atoms with Crippen LogP contribution in [0.4, 0.5) is 5.69 Å². The Labute approximate surface area is 163 Å². The van der Waals surface area contributed by atoms with E-state index < -0.39 is 0 Å². The van der Waals surface area contributed by atoms with Gasteiger partial charge in [0.05, 0.1) is 32.4 Å². The SMILES string of the molecule is COc1cc(C(=O)Nc2ccc3nc(C4CCC4)[nH]c3c2)cc(OC)c1OC. The van der Waals surface area contributed by atoms with E-state index >= 15 is 0 Å². The van der Waals surface area contributed by atoms with Crippen LogP contribution in [0.3, 0.4) is 0 Å². The van der Waals surface area contributed by atoms with Gasteiger partial charge >= 0.3 is 0 Å². The van der Waals surface area contributed by atoms with E-state index in [4.69, 9.17) is 14.2 Å². The van der Waals surface area contributed by atoms with Crippen molar-refractivity contribution in [1.29, 1.82) is 0 Å². The van der Waals surface area contributed by atoms with E-state index in [2.05, 4.69) is 15.3 Å². The maximum absolute atomic E-state index is 12.8. The zero-order valence-corrected chi connectivity index (χ0v) is 16.2. The number of ether oxygens (including phenoxy) is 3. The topological polar surface area (TPSA) is 85.5 Å². The van der Waals surface area contributed by atoms with Gasteiger partial charge in [0.1, 0.15) is 5.82 Å². The summed E-state index contributed by atoms with van der Waals surface area (Å²) in [5.74, 6) is 2.61. The highest BCUT2D eigenvalue weighted by atomic mass is 16.5. The molecule has 1 aromatic heterocycles. The lowest BCUT2D eigenvalue weighted by Crippen LogP contribution is -2.12.